The fraction of sp³-hybridized carbons (Fsp3) is 0.500. The summed E-state index contributed by atoms with van der Waals surface area (Å²) in [7, 11) is 0. The van der Waals surface area contributed by atoms with Crippen LogP contribution in [0.25, 0.3) is 0 Å². The zero-order valence-corrected chi connectivity index (χ0v) is 7.58. The van der Waals surface area contributed by atoms with E-state index in [2.05, 4.69) is 15.3 Å². The average Bonchev–Trinajstić information content (AvgIpc) is 2.56. The number of nitrogens with one attached hydrogen (secondary N) is 2. The summed E-state index contributed by atoms with van der Waals surface area (Å²) < 4.78 is 0. The first-order chi connectivity index (χ1) is 6.20. The molecule has 5 heteroatoms. The van der Waals surface area contributed by atoms with Crippen LogP contribution in [0.3, 0.4) is 0 Å². The Hall–Kier alpha value is -1.36. The van der Waals surface area contributed by atoms with Crippen LogP contribution in [0.5, 0.6) is 0 Å². The highest BCUT2D eigenvalue weighted by molar-refractivity contribution is 5.80. The van der Waals surface area contributed by atoms with Crippen molar-refractivity contribution < 1.29 is 4.79 Å². The van der Waals surface area contributed by atoms with Gasteiger partial charge in [0.25, 0.3) is 0 Å². The summed E-state index contributed by atoms with van der Waals surface area (Å²) in [5.41, 5.74) is 5.36. The number of nitrogens with zero attached hydrogens (tertiary/aromatic N) is 1. The van der Waals surface area contributed by atoms with Gasteiger partial charge in [-0.05, 0) is 6.92 Å². The number of carbonyl (C=O) groups excluding carboxylic acids is 1. The molecular formula is C8H14N4O. The van der Waals surface area contributed by atoms with Crippen LogP contribution in [0, 0.1) is 0 Å². The number of aromatic amines is 1. The highest BCUT2D eigenvalue weighted by Crippen LogP contribution is 1.88. The molecule has 1 amide bonds. The van der Waals surface area contributed by atoms with Crippen molar-refractivity contribution in [3.05, 3.63) is 18.2 Å². The summed E-state index contributed by atoms with van der Waals surface area (Å²) in [5, 5.41) is 2.70. The number of hydrogen-bond acceptors (Lipinski definition) is 3. The van der Waals surface area contributed by atoms with Gasteiger partial charge in [-0.25, -0.2) is 4.98 Å². The lowest BCUT2D eigenvalue weighted by molar-refractivity contribution is -0.121. The van der Waals surface area contributed by atoms with Gasteiger partial charge in [0.2, 0.25) is 5.91 Å². The summed E-state index contributed by atoms with van der Waals surface area (Å²) in [5.74, 6) is 0.733. The molecule has 0 aromatic carbocycles. The first-order valence-corrected chi connectivity index (χ1v) is 4.21. The first-order valence-electron chi connectivity index (χ1n) is 4.21. The summed E-state index contributed by atoms with van der Waals surface area (Å²) in [6, 6.07) is -0.448. The standard InChI is InChI=1S/C8H14N4O/c1-6(9)8(13)12-3-2-7-10-4-5-11-7/h4-6H,2-3,9H2,1H3,(H,10,11)(H,12,13)/t6-/m1/s1. The van der Waals surface area contributed by atoms with E-state index in [1.165, 1.54) is 0 Å². The molecule has 0 aliphatic rings. The predicted molar refractivity (Wildman–Crippen MR) is 49.0 cm³/mol. The number of hydrogen-bond donors (Lipinski definition) is 3. The van der Waals surface area contributed by atoms with Gasteiger partial charge in [0.1, 0.15) is 5.82 Å². The van der Waals surface area contributed by atoms with E-state index in [1.54, 1.807) is 19.3 Å². The quantitative estimate of drug-likeness (QED) is 0.582. The lowest BCUT2D eigenvalue weighted by Crippen LogP contribution is -2.39. The zero-order chi connectivity index (χ0) is 9.68. The van der Waals surface area contributed by atoms with Gasteiger partial charge < -0.3 is 16.0 Å². The topological polar surface area (TPSA) is 83.8 Å². The van der Waals surface area contributed by atoms with Crippen molar-refractivity contribution in [3.8, 4) is 0 Å². The van der Waals surface area contributed by atoms with Crippen LogP contribution in [-0.4, -0.2) is 28.5 Å². The van der Waals surface area contributed by atoms with Crippen LogP contribution in [0.15, 0.2) is 12.4 Å². The van der Waals surface area contributed by atoms with Gasteiger partial charge >= 0.3 is 0 Å². The Morgan fingerprint density at radius 2 is 2.62 bits per heavy atom. The Morgan fingerprint density at radius 1 is 1.85 bits per heavy atom. The van der Waals surface area contributed by atoms with Gasteiger partial charge in [-0.1, -0.05) is 0 Å². The summed E-state index contributed by atoms with van der Waals surface area (Å²) in [4.78, 5) is 18.0. The molecule has 0 saturated carbocycles. The first kappa shape index (κ1) is 9.73. The fourth-order valence-electron chi connectivity index (χ4n) is 0.900. The molecular weight excluding hydrogens is 168 g/mol. The van der Waals surface area contributed by atoms with Crippen LogP contribution < -0.4 is 11.1 Å². The lowest BCUT2D eigenvalue weighted by Gasteiger charge is -2.05. The number of imidazole rings is 1. The third-order valence-electron chi connectivity index (χ3n) is 1.63. The monoisotopic (exact) mass is 182 g/mol. The largest absolute Gasteiger partial charge is 0.354 e. The van der Waals surface area contributed by atoms with Crippen molar-refractivity contribution in [2.45, 2.75) is 19.4 Å². The minimum Gasteiger partial charge on any atom is -0.354 e. The van der Waals surface area contributed by atoms with Gasteiger partial charge in [-0.3, -0.25) is 4.79 Å². The number of aromatic nitrogens is 2. The summed E-state index contributed by atoms with van der Waals surface area (Å²) >= 11 is 0. The zero-order valence-electron chi connectivity index (χ0n) is 7.58. The third kappa shape index (κ3) is 3.25. The number of nitrogens with two attached hydrogens (primary N) is 1. The molecule has 0 unspecified atom stereocenters. The van der Waals surface area contributed by atoms with E-state index in [1.807, 2.05) is 0 Å². The molecule has 1 rings (SSSR count). The van der Waals surface area contributed by atoms with Gasteiger partial charge in [0, 0.05) is 25.4 Å². The Morgan fingerprint density at radius 3 is 3.15 bits per heavy atom. The van der Waals surface area contributed by atoms with E-state index in [-0.39, 0.29) is 5.91 Å². The van der Waals surface area contributed by atoms with Crippen molar-refractivity contribution >= 4 is 5.91 Å². The highest BCUT2D eigenvalue weighted by Gasteiger charge is 2.05. The lowest BCUT2D eigenvalue weighted by atomic mass is 10.3. The van der Waals surface area contributed by atoms with Gasteiger partial charge in [0.15, 0.2) is 0 Å². The maximum absolute atomic E-state index is 11.0. The molecule has 1 atom stereocenters. The van der Waals surface area contributed by atoms with Crippen LogP contribution >= 0.6 is 0 Å². The maximum Gasteiger partial charge on any atom is 0.236 e. The van der Waals surface area contributed by atoms with E-state index < -0.39 is 6.04 Å². The summed E-state index contributed by atoms with van der Waals surface area (Å²) in [6.07, 6.45) is 4.14. The number of amides is 1. The average molecular weight is 182 g/mol. The van der Waals surface area contributed by atoms with Crippen LogP contribution in [0.4, 0.5) is 0 Å². The SMILES string of the molecule is C[C@@H](N)C(=O)NCCc1ncc[nH]1. The second kappa shape index (κ2) is 4.61. The number of rotatable bonds is 4. The minimum atomic E-state index is -0.448. The van der Waals surface area contributed by atoms with E-state index >= 15 is 0 Å². The molecule has 1 aromatic heterocycles. The predicted octanol–water partition coefficient (Wildman–Crippen LogP) is -0.584. The molecule has 0 radical (unpaired) electrons. The smallest absolute Gasteiger partial charge is 0.236 e. The van der Waals surface area contributed by atoms with E-state index in [0.29, 0.717) is 13.0 Å². The van der Waals surface area contributed by atoms with Crippen LogP contribution in [-0.2, 0) is 11.2 Å². The number of H-pyrrole nitrogens is 1. The second-order valence-corrected chi connectivity index (χ2v) is 2.87. The van der Waals surface area contributed by atoms with Crippen molar-refractivity contribution in [1.82, 2.24) is 15.3 Å². The van der Waals surface area contributed by atoms with Gasteiger partial charge in [-0.15, -0.1) is 0 Å². The molecule has 13 heavy (non-hydrogen) atoms. The Bertz CT molecular complexity index is 255. The molecule has 0 fully saturated rings. The molecule has 0 saturated heterocycles. The molecule has 1 heterocycles. The molecule has 4 N–H and O–H groups in total. The molecule has 0 aliphatic carbocycles. The van der Waals surface area contributed by atoms with Crippen LogP contribution in [0.1, 0.15) is 12.7 Å². The van der Waals surface area contributed by atoms with E-state index in [9.17, 15) is 4.79 Å². The molecule has 0 bridgehead atoms. The molecule has 0 aliphatic heterocycles. The fourth-order valence-corrected chi connectivity index (χ4v) is 0.900. The van der Waals surface area contributed by atoms with Gasteiger partial charge in [-0.2, -0.15) is 0 Å². The Kier molecular flexibility index (Phi) is 3.45. The summed E-state index contributed by atoms with van der Waals surface area (Å²) in [6.45, 7) is 2.22. The minimum absolute atomic E-state index is 0.133. The van der Waals surface area contributed by atoms with Crippen LogP contribution in [0.2, 0.25) is 0 Å². The van der Waals surface area contributed by atoms with Crippen molar-refractivity contribution in [2.75, 3.05) is 6.54 Å². The van der Waals surface area contributed by atoms with E-state index in [0.717, 1.165) is 5.82 Å². The molecule has 5 nitrogen and oxygen atoms in total. The highest BCUT2D eigenvalue weighted by atomic mass is 16.2. The second-order valence-electron chi connectivity index (χ2n) is 2.87. The normalized spacial score (nSPS) is 12.5. The molecule has 1 aromatic rings. The maximum atomic E-state index is 11.0. The number of carbonyl (C=O) groups is 1. The van der Waals surface area contributed by atoms with Crippen molar-refractivity contribution in [2.24, 2.45) is 5.73 Å². The van der Waals surface area contributed by atoms with Crippen molar-refractivity contribution in [1.29, 1.82) is 0 Å². The Labute approximate surface area is 76.7 Å². The molecule has 72 valence electrons. The van der Waals surface area contributed by atoms with Crippen molar-refractivity contribution in [3.63, 3.8) is 0 Å². The Balaban J connectivity index is 2.18. The molecule has 0 spiro atoms. The van der Waals surface area contributed by atoms with E-state index in [4.69, 9.17) is 5.73 Å². The third-order valence-corrected chi connectivity index (χ3v) is 1.63. The van der Waals surface area contributed by atoms with Gasteiger partial charge in [0.05, 0.1) is 6.04 Å².